The van der Waals surface area contributed by atoms with Crippen LogP contribution in [0, 0.1) is 18.3 Å². The number of sulfone groups is 1. The largest absolute Gasteiger partial charge is 0.452 e. The van der Waals surface area contributed by atoms with E-state index in [1.165, 1.54) is 0 Å². The number of hydrogen-bond acceptors (Lipinski definition) is 8. The summed E-state index contributed by atoms with van der Waals surface area (Å²) in [4.78, 5) is 30.3. The highest BCUT2D eigenvalue weighted by Gasteiger charge is 2.36. The topological polar surface area (TPSA) is 144 Å². The highest BCUT2D eigenvalue weighted by atomic mass is 32.2. The Bertz CT molecular complexity index is 1320. The van der Waals surface area contributed by atoms with E-state index in [2.05, 4.69) is 16.5 Å². The Labute approximate surface area is 197 Å². The van der Waals surface area contributed by atoms with Gasteiger partial charge in [0.15, 0.2) is 22.1 Å². The lowest BCUT2D eigenvalue weighted by Gasteiger charge is -2.21. The molecule has 34 heavy (non-hydrogen) atoms. The summed E-state index contributed by atoms with van der Waals surface area (Å²) in [5, 5.41) is 17.2. The van der Waals surface area contributed by atoms with Crippen molar-refractivity contribution in [1.82, 2.24) is 20.1 Å². The maximum atomic E-state index is 13.1. The number of rotatable bonds is 6. The average Bonchev–Trinajstić information content (AvgIpc) is 3.32. The number of pyridine rings is 1. The monoisotopic (exact) mass is 485 g/mol. The second-order valence-electron chi connectivity index (χ2n) is 9.68. The van der Waals surface area contributed by atoms with Crippen molar-refractivity contribution in [3.05, 3.63) is 23.0 Å². The van der Waals surface area contributed by atoms with Gasteiger partial charge in [0.1, 0.15) is 5.54 Å². The van der Waals surface area contributed by atoms with Crippen molar-refractivity contribution in [2.45, 2.75) is 69.4 Å². The highest BCUT2D eigenvalue weighted by Crippen LogP contribution is 2.41. The van der Waals surface area contributed by atoms with Gasteiger partial charge in [-0.25, -0.2) is 22.9 Å². The summed E-state index contributed by atoms with van der Waals surface area (Å²) >= 11 is 0. The van der Waals surface area contributed by atoms with Gasteiger partial charge in [-0.3, -0.25) is 4.79 Å². The fraction of sp³-hybridized carbons (Fsp3) is 0.609. The Morgan fingerprint density at radius 2 is 2.03 bits per heavy atom. The number of aromatic nitrogens is 3. The smallest absolute Gasteiger partial charge is 0.339 e. The van der Waals surface area contributed by atoms with E-state index in [0.29, 0.717) is 36.0 Å². The van der Waals surface area contributed by atoms with Gasteiger partial charge < -0.3 is 10.1 Å². The molecule has 0 spiro atoms. The first-order valence-corrected chi connectivity index (χ1v) is 13.5. The molecule has 0 aromatic carbocycles. The van der Waals surface area contributed by atoms with Crippen molar-refractivity contribution in [3.63, 3.8) is 0 Å². The number of ether oxygens (including phenoxy) is 1. The van der Waals surface area contributed by atoms with Crippen LogP contribution in [0.5, 0.6) is 0 Å². The van der Waals surface area contributed by atoms with Crippen LogP contribution in [-0.2, 0) is 19.4 Å². The second kappa shape index (κ2) is 8.34. The third-order valence-corrected chi connectivity index (χ3v) is 8.76. The van der Waals surface area contributed by atoms with Gasteiger partial charge in [-0.05, 0) is 57.9 Å². The number of amides is 1. The van der Waals surface area contributed by atoms with Crippen LogP contribution in [0.15, 0.2) is 6.07 Å². The first-order valence-electron chi connectivity index (χ1n) is 11.7. The Balaban J connectivity index is 1.41. The first kappa shape index (κ1) is 22.8. The third-order valence-electron chi connectivity index (χ3n) is 7.01. The lowest BCUT2D eigenvalue weighted by Crippen LogP contribution is -2.46. The van der Waals surface area contributed by atoms with E-state index in [9.17, 15) is 23.3 Å². The summed E-state index contributed by atoms with van der Waals surface area (Å²) in [5.41, 5.74) is 1.18. The number of nitriles is 1. The molecule has 1 amide bonds. The van der Waals surface area contributed by atoms with Crippen molar-refractivity contribution in [1.29, 1.82) is 5.26 Å². The molecule has 0 bridgehead atoms. The molecule has 3 fully saturated rings. The standard InChI is InChI=1S/C23H27N5O5S/c1-14-20-17(22(30)33-11-19(29)26-23(13-24)7-2-3-8-23)10-18(15-4-5-15)25-21(20)28(27-14)16-6-9-34(31,32)12-16/h10,15-16H,2-9,11-12H2,1H3,(H,26,29). The fourth-order valence-electron chi connectivity index (χ4n) is 5.06. The van der Waals surface area contributed by atoms with E-state index in [1.54, 1.807) is 17.7 Å². The number of fused-ring (bicyclic) bond motifs is 1. The van der Waals surface area contributed by atoms with E-state index in [-0.39, 0.29) is 29.0 Å². The minimum absolute atomic E-state index is 0.000843. The van der Waals surface area contributed by atoms with Crippen LogP contribution >= 0.6 is 0 Å². The predicted octanol–water partition coefficient (Wildman–Crippen LogP) is 2.09. The van der Waals surface area contributed by atoms with Crippen molar-refractivity contribution >= 4 is 32.7 Å². The summed E-state index contributed by atoms with van der Waals surface area (Å²) in [6, 6.07) is 3.57. The summed E-state index contributed by atoms with van der Waals surface area (Å²) in [5.74, 6) is -0.821. The van der Waals surface area contributed by atoms with Gasteiger partial charge in [-0.15, -0.1) is 0 Å². The van der Waals surface area contributed by atoms with Crippen LogP contribution in [0.1, 0.15) is 78.7 Å². The molecule has 3 aliphatic rings. The van der Waals surface area contributed by atoms with Gasteiger partial charge in [0.05, 0.1) is 40.3 Å². The minimum Gasteiger partial charge on any atom is -0.452 e. The fourth-order valence-corrected chi connectivity index (χ4v) is 6.75. The molecule has 10 nitrogen and oxygen atoms in total. The van der Waals surface area contributed by atoms with Crippen molar-refractivity contribution < 1.29 is 22.7 Å². The zero-order valence-electron chi connectivity index (χ0n) is 19.0. The van der Waals surface area contributed by atoms with Crippen LogP contribution in [-0.4, -0.2) is 58.7 Å². The van der Waals surface area contributed by atoms with Gasteiger partial charge in [0.25, 0.3) is 5.91 Å². The molecule has 11 heteroatoms. The van der Waals surface area contributed by atoms with Crippen LogP contribution in [0.25, 0.3) is 11.0 Å². The van der Waals surface area contributed by atoms with Crippen LogP contribution in [0.4, 0.5) is 0 Å². The Kier molecular flexibility index (Phi) is 5.59. The summed E-state index contributed by atoms with van der Waals surface area (Å²) in [6.45, 7) is 1.26. The molecule has 1 atom stereocenters. The van der Waals surface area contributed by atoms with Crippen molar-refractivity contribution in [3.8, 4) is 6.07 Å². The summed E-state index contributed by atoms with van der Waals surface area (Å²) in [6.07, 6.45) is 5.32. The van der Waals surface area contributed by atoms with Gasteiger partial charge in [-0.1, -0.05) is 0 Å². The molecular formula is C23H27N5O5S. The normalized spacial score (nSPS) is 23.0. The van der Waals surface area contributed by atoms with Crippen LogP contribution in [0.3, 0.4) is 0 Å². The SMILES string of the molecule is Cc1nn(C2CCS(=O)(=O)C2)c2nc(C3CC3)cc(C(=O)OCC(=O)NC3(C#N)CCCC3)c12. The van der Waals surface area contributed by atoms with Gasteiger partial charge in [0.2, 0.25) is 0 Å². The van der Waals surface area contributed by atoms with E-state index >= 15 is 0 Å². The third kappa shape index (κ3) is 4.27. The molecule has 2 saturated carbocycles. The maximum absolute atomic E-state index is 13.1. The zero-order valence-corrected chi connectivity index (χ0v) is 19.9. The maximum Gasteiger partial charge on any atom is 0.339 e. The van der Waals surface area contributed by atoms with Gasteiger partial charge >= 0.3 is 5.97 Å². The second-order valence-corrected chi connectivity index (χ2v) is 11.9. The van der Waals surface area contributed by atoms with E-state index in [4.69, 9.17) is 9.72 Å². The summed E-state index contributed by atoms with van der Waals surface area (Å²) in [7, 11) is -3.13. The van der Waals surface area contributed by atoms with Gasteiger partial charge in [0, 0.05) is 11.6 Å². The molecule has 1 N–H and O–H groups in total. The summed E-state index contributed by atoms with van der Waals surface area (Å²) < 4.78 is 31.1. The van der Waals surface area contributed by atoms with E-state index in [1.807, 2.05) is 0 Å². The number of esters is 1. The molecule has 1 unspecified atom stereocenters. The predicted molar refractivity (Wildman–Crippen MR) is 122 cm³/mol. The Hall–Kier alpha value is -3.00. The molecule has 5 rings (SSSR count). The lowest BCUT2D eigenvalue weighted by atomic mass is 10.00. The molecule has 0 radical (unpaired) electrons. The van der Waals surface area contributed by atoms with Gasteiger partial charge in [-0.2, -0.15) is 10.4 Å². The molecular weight excluding hydrogens is 458 g/mol. The van der Waals surface area contributed by atoms with Crippen molar-refractivity contribution in [2.24, 2.45) is 0 Å². The molecule has 1 aliphatic heterocycles. The Morgan fingerprint density at radius 3 is 2.65 bits per heavy atom. The van der Waals surface area contributed by atoms with Crippen molar-refractivity contribution in [2.75, 3.05) is 18.1 Å². The molecule has 1 saturated heterocycles. The lowest BCUT2D eigenvalue weighted by molar-refractivity contribution is -0.125. The highest BCUT2D eigenvalue weighted by molar-refractivity contribution is 7.91. The minimum atomic E-state index is -3.13. The molecule has 3 heterocycles. The quantitative estimate of drug-likeness (QED) is 0.613. The first-order chi connectivity index (χ1) is 16.2. The molecule has 2 aromatic heterocycles. The number of carbonyl (C=O) groups excluding carboxylic acids is 2. The number of aryl methyl sites for hydroxylation is 1. The van der Waals surface area contributed by atoms with Crippen LogP contribution in [0.2, 0.25) is 0 Å². The number of nitrogens with one attached hydrogen (secondary N) is 1. The van der Waals surface area contributed by atoms with E-state index in [0.717, 1.165) is 31.4 Å². The number of nitrogens with zero attached hydrogens (tertiary/aromatic N) is 4. The zero-order chi connectivity index (χ0) is 24.1. The molecule has 180 valence electrons. The number of hydrogen-bond donors (Lipinski definition) is 1. The molecule has 2 aliphatic carbocycles. The Morgan fingerprint density at radius 1 is 1.29 bits per heavy atom. The number of carbonyl (C=O) groups is 2. The van der Waals surface area contributed by atoms with Crippen LogP contribution < -0.4 is 5.32 Å². The van der Waals surface area contributed by atoms with E-state index < -0.39 is 33.9 Å². The molecule has 2 aromatic rings. The average molecular weight is 486 g/mol.